The molecule has 0 amide bonds. The van der Waals surface area contributed by atoms with Crippen LogP contribution in [0.5, 0.6) is 0 Å². The van der Waals surface area contributed by atoms with Crippen LogP contribution in [0.3, 0.4) is 0 Å². The van der Waals surface area contributed by atoms with Crippen LogP contribution >= 0.6 is 0 Å². The average Bonchev–Trinajstić information content (AvgIpc) is 2.35. The zero-order valence-electron chi connectivity index (χ0n) is 12.1. The van der Waals surface area contributed by atoms with Crippen LogP contribution in [0.15, 0.2) is 0 Å². The van der Waals surface area contributed by atoms with Gasteiger partial charge in [0.15, 0.2) is 0 Å². The van der Waals surface area contributed by atoms with Crippen LogP contribution < -0.4 is 16.0 Å². The number of aromatic nitrogens is 3. The third kappa shape index (κ3) is 2.88. The lowest BCUT2D eigenvalue weighted by Crippen LogP contribution is -2.45. The third-order valence-corrected chi connectivity index (χ3v) is 4.05. The molecule has 2 rings (SSSR count). The van der Waals surface area contributed by atoms with Crippen molar-refractivity contribution in [1.29, 1.82) is 0 Å². The number of rotatable bonds is 6. The Kier molecular flexibility index (Phi) is 4.07. The molecule has 1 aliphatic rings. The molecule has 1 aliphatic carbocycles. The maximum atomic E-state index is 5.80. The second-order valence-electron chi connectivity index (χ2n) is 5.10. The van der Waals surface area contributed by atoms with Crippen LogP contribution in [0.2, 0.25) is 0 Å². The number of hydrogen-bond acceptors (Lipinski definition) is 6. The van der Waals surface area contributed by atoms with E-state index in [0.717, 1.165) is 19.5 Å². The van der Waals surface area contributed by atoms with Crippen LogP contribution in [0.25, 0.3) is 0 Å². The molecule has 6 nitrogen and oxygen atoms in total. The Balaban J connectivity index is 2.21. The molecule has 1 aromatic heterocycles. The Morgan fingerprint density at radius 3 is 2.32 bits per heavy atom. The molecule has 0 saturated heterocycles. The fraction of sp³-hybridized carbons (Fsp3) is 0.769. The quantitative estimate of drug-likeness (QED) is 0.818. The van der Waals surface area contributed by atoms with Crippen LogP contribution in [0.4, 0.5) is 17.8 Å². The van der Waals surface area contributed by atoms with Crippen molar-refractivity contribution in [2.24, 2.45) is 0 Å². The van der Waals surface area contributed by atoms with Crippen LogP contribution in [0.1, 0.15) is 46.5 Å². The summed E-state index contributed by atoms with van der Waals surface area (Å²) in [6.07, 6.45) is 4.70. The van der Waals surface area contributed by atoms with Crippen molar-refractivity contribution >= 4 is 17.8 Å². The molecule has 1 saturated carbocycles. The van der Waals surface area contributed by atoms with E-state index in [0.29, 0.717) is 11.9 Å². The number of nitrogen functional groups attached to an aromatic ring is 1. The first-order valence-electron chi connectivity index (χ1n) is 7.17. The minimum Gasteiger partial charge on any atom is -0.368 e. The molecule has 0 radical (unpaired) electrons. The molecule has 106 valence electrons. The summed E-state index contributed by atoms with van der Waals surface area (Å²) >= 11 is 0. The van der Waals surface area contributed by atoms with Crippen molar-refractivity contribution in [2.45, 2.75) is 52.0 Å². The van der Waals surface area contributed by atoms with Crippen molar-refractivity contribution < 1.29 is 0 Å². The molecule has 0 unspecified atom stereocenters. The Hall–Kier alpha value is -1.59. The fourth-order valence-electron chi connectivity index (χ4n) is 2.49. The lowest BCUT2D eigenvalue weighted by Gasteiger charge is -2.42. The van der Waals surface area contributed by atoms with Gasteiger partial charge in [0.05, 0.1) is 0 Å². The summed E-state index contributed by atoms with van der Waals surface area (Å²) in [4.78, 5) is 15.0. The lowest BCUT2D eigenvalue weighted by atomic mass is 9.75. The van der Waals surface area contributed by atoms with Crippen molar-refractivity contribution in [3.05, 3.63) is 0 Å². The highest BCUT2D eigenvalue weighted by Crippen LogP contribution is 2.37. The van der Waals surface area contributed by atoms with Gasteiger partial charge >= 0.3 is 0 Å². The summed E-state index contributed by atoms with van der Waals surface area (Å²) in [5.41, 5.74) is 5.96. The van der Waals surface area contributed by atoms with E-state index in [1.807, 2.05) is 0 Å². The SMILES string of the molecule is CCN(CC)c1nc(N)nc(NC2(CC)CCC2)n1. The molecular formula is C13H24N6. The largest absolute Gasteiger partial charge is 0.368 e. The molecule has 1 fully saturated rings. The van der Waals surface area contributed by atoms with E-state index < -0.39 is 0 Å². The second kappa shape index (κ2) is 5.59. The van der Waals surface area contributed by atoms with Crippen molar-refractivity contribution in [2.75, 3.05) is 29.0 Å². The summed E-state index contributed by atoms with van der Waals surface area (Å²) in [6.45, 7) is 8.07. The lowest BCUT2D eigenvalue weighted by molar-refractivity contribution is 0.268. The van der Waals surface area contributed by atoms with E-state index in [-0.39, 0.29) is 11.5 Å². The van der Waals surface area contributed by atoms with Gasteiger partial charge in [-0.2, -0.15) is 15.0 Å². The van der Waals surface area contributed by atoms with E-state index in [1.54, 1.807) is 0 Å². The maximum Gasteiger partial charge on any atom is 0.231 e. The molecule has 0 spiro atoms. The van der Waals surface area contributed by atoms with Crippen LogP contribution in [0, 0.1) is 0 Å². The van der Waals surface area contributed by atoms with E-state index in [4.69, 9.17) is 5.73 Å². The van der Waals surface area contributed by atoms with E-state index in [2.05, 4.69) is 45.9 Å². The molecule has 19 heavy (non-hydrogen) atoms. The van der Waals surface area contributed by atoms with Crippen LogP contribution in [-0.2, 0) is 0 Å². The third-order valence-electron chi connectivity index (χ3n) is 4.05. The Morgan fingerprint density at radius 1 is 1.16 bits per heavy atom. The topological polar surface area (TPSA) is 80.0 Å². The minimum atomic E-state index is 0.161. The first-order chi connectivity index (χ1) is 9.12. The minimum absolute atomic E-state index is 0.161. The highest BCUT2D eigenvalue weighted by atomic mass is 15.3. The molecule has 0 atom stereocenters. The molecule has 0 aliphatic heterocycles. The summed E-state index contributed by atoms with van der Waals surface area (Å²) < 4.78 is 0. The van der Waals surface area contributed by atoms with Gasteiger partial charge < -0.3 is 16.0 Å². The number of anilines is 3. The summed E-state index contributed by atoms with van der Waals surface area (Å²) in [5, 5.41) is 3.46. The molecule has 3 N–H and O–H groups in total. The molecule has 0 bridgehead atoms. The van der Waals surface area contributed by atoms with Gasteiger partial charge in [-0.3, -0.25) is 0 Å². The normalized spacial score (nSPS) is 16.8. The molecule has 1 aromatic rings. The average molecular weight is 264 g/mol. The van der Waals surface area contributed by atoms with Gasteiger partial charge in [-0.05, 0) is 39.5 Å². The van der Waals surface area contributed by atoms with Gasteiger partial charge in [0.1, 0.15) is 0 Å². The van der Waals surface area contributed by atoms with Crippen molar-refractivity contribution in [1.82, 2.24) is 15.0 Å². The Bertz CT molecular complexity index is 420. The number of nitrogens with two attached hydrogens (primary N) is 1. The van der Waals surface area contributed by atoms with E-state index in [1.165, 1.54) is 19.3 Å². The Morgan fingerprint density at radius 2 is 1.84 bits per heavy atom. The predicted molar refractivity (Wildman–Crippen MR) is 78.3 cm³/mol. The number of nitrogens with zero attached hydrogens (tertiary/aromatic N) is 4. The van der Waals surface area contributed by atoms with Gasteiger partial charge in [0, 0.05) is 18.6 Å². The molecule has 6 heteroatoms. The number of nitrogens with one attached hydrogen (secondary N) is 1. The summed E-state index contributed by atoms with van der Waals surface area (Å²) in [7, 11) is 0. The zero-order chi connectivity index (χ0) is 13.9. The Labute approximate surface area is 114 Å². The van der Waals surface area contributed by atoms with Gasteiger partial charge in [-0.25, -0.2) is 0 Å². The maximum absolute atomic E-state index is 5.80. The van der Waals surface area contributed by atoms with E-state index in [9.17, 15) is 0 Å². The van der Waals surface area contributed by atoms with Crippen LogP contribution in [-0.4, -0.2) is 33.6 Å². The predicted octanol–water partition coefficient (Wildman–Crippen LogP) is 2.04. The number of hydrogen-bond donors (Lipinski definition) is 2. The smallest absolute Gasteiger partial charge is 0.231 e. The first kappa shape index (κ1) is 13.8. The van der Waals surface area contributed by atoms with E-state index >= 15 is 0 Å². The summed E-state index contributed by atoms with van der Waals surface area (Å²) in [6, 6.07) is 0. The standard InChI is InChI=1S/C13H24N6/c1-4-13(8-7-9-13)18-11-15-10(14)16-12(17-11)19(5-2)6-3/h4-9H2,1-3H3,(H3,14,15,16,17,18). The molecule has 1 heterocycles. The first-order valence-corrected chi connectivity index (χ1v) is 7.17. The summed E-state index contributed by atoms with van der Waals surface area (Å²) in [5.74, 6) is 1.55. The second-order valence-corrected chi connectivity index (χ2v) is 5.10. The highest BCUT2D eigenvalue weighted by molar-refractivity contribution is 5.43. The zero-order valence-corrected chi connectivity index (χ0v) is 12.1. The highest BCUT2D eigenvalue weighted by Gasteiger charge is 2.35. The monoisotopic (exact) mass is 264 g/mol. The van der Waals surface area contributed by atoms with Gasteiger partial charge in [0.25, 0.3) is 0 Å². The van der Waals surface area contributed by atoms with Gasteiger partial charge in [-0.15, -0.1) is 0 Å². The molecular weight excluding hydrogens is 240 g/mol. The van der Waals surface area contributed by atoms with Crippen molar-refractivity contribution in [3.8, 4) is 0 Å². The van der Waals surface area contributed by atoms with Crippen molar-refractivity contribution in [3.63, 3.8) is 0 Å². The van der Waals surface area contributed by atoms with Gasteiger partial charge in [-0.1, -0.05) is 6.92 Å². The fourth-order valence-corrected chi connectivity index (χ4v) is 2.49. The van der Waals surface area contributed by atoms with Gasteiger partial charge in [0.2, 0.25) is 17.8 Å². The molecule has 0 aromatic carbocycles.